The first-order chi connectivity index (χ1) is 12.9. The summed E-state index contributed by atoms with van der Waals surface area (Å²) in [4.78, 5) is 29.0. The SMILES string of the molecule is Cc1nonc1C(=O)N1CCC(=O)N(Cc2ccc(F)cc2)[C@@H](C(C)C)C1. The predicted octanol–water partition coefficient (Wildman–Crippen LogP) is 2.42. The first kappa shape index (κ1) is 19.0. The molecule has 7 nitrogen and oxygen atoms in total. The lowest BCUT2D eigenvalue weighted by molar-refractivity contribution is -0.134. The summed E-state index contributed by atoms with van der Waals surface area (Å²) in [5.74, 6) is -0.479. The molecule has 0 N–H and O–H groups in total. The number of amides is 2. The van der Waals surface area contributed by atoms with Gasteiger partial charge in [-0.2, -0.15) is 0 Å². The van der Waals surface area contributed by atoms with Gasteiger partial charge < -0.3 is 9.80 Å². The molecule has 2 aromatic rings. The number of rotatable bonds is 4. The third kappa shape index (κ3) is 4.15. The number of hydrogen-bond donors (Lipinski definition) is 0. The zero-order chi connectivity index (χ0) is 19.6. The molecule has 2 amide bonds. The monoisotopic (exact) mass is 374 g/mol. The highest BCUT2D eigenvalue weighted by atomic mass is 19.1. The van der Waals surface area contributed by atoms with Crippen LogP contribution in [-0.2, 0) is 11.3 Å². The summed E-state index contributed by atoms with van der Waals surface area (Å²) in [5, 5.41) is 7.36. The summed E-state index contributed by atoms with van der Waals surface area (Å²) in [6, 6.07) is 5.97. The Morgan fingerprint density at radius 1 is 1.30 bits per heavy atom. The molecule has 1 atom stereocenters. The third-order valence-corrected chi connectivity index (χ3v) is 4.90. The van der Waals surface area contributed by atoms with E-state index in [4.69, 9.17) is 0 Å². The van der Waals surface area contributed by atoms with Crippen LogP contribution in [0.15, 0.2) is 28.9 Å². The second-order valence-corrected chi connectivity index (χ2v) is 7.16. The van der Waals surface area contributed by atoms with E-state index < -0.39 is 0 Å². The Balaban J connectivity index is 1.83. The van der Waals surface area contributed by atoms with Gasteiger partial charge >= 0.3 is 0 Å². The molecule has 0 unspecified atom stereocenters. The second-order valence-electron chi connectivity index (χ2n) is 7.16. The van der Waals surface area contributed by atoms with Crippen LogP contribution >= 0.6 is 0 Å². The molecule has 1 aliphatic heterocycles. The van der Waals surface area contributed by atoms with Crippen LogP contribution in [0.1, 0.15) is 42.0 Å². The molecule has 1 aliphatic rings. The lowest BCUT2D eigenvalue weighted by atomic mass is 10.0. The fourth-order valence-corrected chi connectivity index (χ4v) is 3.30. The number of aromatic nitrogens is 2. The Bertz CT molecular complexity index is 819. The fourth-order valence-electron chi connectivity index (χ4n) is 3.30. The van der Waals surface area contributed by atoms with Crippen molar-refractivity contribution in [2.45, 2.75) is 39.8 Å². The Kier molecular flexibility index (Phi) is 5.53. The quantitative estimate of drug-likeness (QED) is 0.821. The summed E-state index contributed by atoms with van der Waals surface area (Å²) in [7, 11) is 0. The lowest BCUT2D eigenvalue weighted by Crippen LogP contribution is -2.47. The van der Waals surface area contributed by atoms with E-state index in [1.807, 2.05) is 13.8 Å². The molecule has 1 saturated heterocycles. The zero-order valence-corrected chi connectivity index (χ0v) is 15.7. The van der Waals surface area contributed by atoms with Gasteiger partial charge in [0, 0.05) is 26.1 Å². The number of aryl methyl sites for hydroxylation is 1. The predicted molar refractivity (Wildman–Crippen MR) is 95.1 cm³/mol. The van der Waals surface area contributed by atoms with Gasteiger partial charge in [-0.1, -0.05) is 31.1 Å². The average Bonchev–Trinajstić information content (AvgIpc) is 2.99. The maximum atomic E-state index is 13.2. The van der Waals surface area contributed by atoms with E-state index >= 15 is 0 Å². The van der Waals surface area contributed by atoms with E-state index in [1.54, 1.807) is 28.9 Å². The van der Waals surface area contributed by atoms with Crippen LogP contribution in [0.25, 0.3) is 0 Å². The zero-order valence-electron chi connectivity index (χ0n) is 15.7. The van der Waals surface area contributed by atoms with Gasteiger partial charge in [-0.25, -0.2) is 9.02 Å². The maximum absolute atomic E-state index is 13.2. The molecule has 1 aromatic carbocycles. The van der Waals surface area contributed by atoms with Crippen molar-refractivity contribution in [2.75, 3.05) is 13.1 Å². The molecule has 8 heteroatoms. The van der Waals surface area contributed by atoms with Crippen molar-refractivity contribution in [1.29, 1.82) is 0 Å². The number of halogens is 1. The first-order valence-corrected chi connectivity index (χ1v) is 8.99. The maximum Gasteiger partial charge on any atom is 0.278 e. The van der Waals surface area contributed by atoms with Gasteiger partial charge in [0.1, 0.15) is 11.5 Å². The minimum absolute atomic E-state index is 0.0247. The van der Waals surface area contributed by atoms with Crippen molar-refractivity contribution in [3.8, 4) is 0 Å². The number of carbonyl (C=O) groups excluding carboxylic acids is 2. The third-order valence-electron chi connectivity index (χ3n) is 4.90. The molecule has 1 fully saturated rings. The van der Waals surface area contributed by atoms with E-state index in [-0.39, 0.29) is 41.7 Å². The van der Waals surface area contributed by atoms with Crippen LogP contribution < -0.4 is 0 Å². The van der Waals surface area contributed by atoms with Gasteiger partial charge in [0.15, 0.2) is 5.69 Å². The molecule has 3 rings (SSSR count). The lowest BCUT2D eigenvalue weighted by Gasteiger charge is -2.34. The Labute approximate surface area is 157 Å². The van der Waals surface area contributed by atoms with E-state index in [1.165, 1.54) is 12.1 Å². The number of nitrogens with zero attached hydrogens (tertiary/aromatic N) is 4. The average molecular weight is 374 g/mol. The highest BCUT2D eigenvalue weighted by molar-refractivity contribution is 5.93. The van der Waals surface area contributed by atoms with Crippen LogP contribution in [0.3, 0.4) is 0 Å². The van der Waals surface area contributed by atoms with Crippen molar-refractivity contribution in [2.24, 2.45) is 5.92 Å². The molecule has 0 saturated carbocycles. The Hall–Kier alpha value is -2.77. The first-order valence-electron chi connectivity index (χ1n) is 8.99. The van der Waals surface area contributed by atoms with Crippen molar-refractivity contribution in [1.82, 2.24) is 20.1 Å². The normalized spacial score (nSPS) is 18.1. The smallest absolute Gasteiger partial charge is 0.278 e. The van der Waals surface area contributed by atoms with E-state index in [9.17, 15) is 14.0 Å². The number of carbonyl (C=O) groups is 2. The highest BCUT2D eigenvalue weighted by Gasteiger charge is 2.34. The molecule has 2 heterocycles. The minimum Gasteiger partial charge on any atom is -0.335 e. The van der Waals surface area contributed by atoms with Gasteiger partial charge in [0.25, 0.3) is 5.91 Å². The van der Waals surface area contributed by atoms with Crippen molar-refractivity contribution in [3.05, 3.63) is 47.0 Å². The van der Waals surface area contributed by atoms with Crippen LogP contribution in [-0.4, -0.2) is 51.1 Å². The van der Waals surface area contributed by atoms with Crippen LogP contribution in [0.4, 0.5) is 4.39 Å². The molecular weight excluding hydrogens is 351 g/mol. The molecular formula is C19H23FN4O3. The fraction of sp³-hybridized carbons (Fsp3) is 0.474. The van der Waals surface area contributed by atoms with Crippen LogP contribution in [0, 0.1) is 18.7 Å². The number of benzene rings is 1. The summed E-state index contributed by atoms with van der Waals surface area (Å²) >= 11 is 0. The Morgan fingerprint density at radius 3 is 2.59 bits per heavy atom. The van der Waals surface area contributed by atoms with Gasteiger partial charge in [-0.3, -0.25) is 9.59 Å². The van der Waals surface area contributed by atoms with Gasteiger partial charge in [0.05, 0.1) is 6.04 Å². The summed E-state index contributed by atoms with van der Waals surface area (Å²) in [5.41, 5.74) is 1.46. The minimum atomic E-state index is -0.310. The molecule has 0 aliphatic carbocycles. The van der Waals surface area contributed by atoms with Crippen LogP contribution in [0.2, 0.25) is 0 Å². The molecule has 144 valence electrons. The van der Waals surface area contributed by atoms with Crippen molar-refractivity contribution in [3.63, 3.8) is 0 Å². The molecule has 0 bridgehead atoms. The Morgan fingerprint density at radius 2 is 2.00 bits per heavy atom. The molecule has 1 aromatic heterocycles. The van der Waals surface area contributed by atoms with Gasteiger partial charge in [0.2, 0.25) is 5.91 Å². The van der Waals surface area contributed by atoms with E-state index in [2.05, 4.69) is 14.9 Å². The van der Waals surface area contributed by atoms with Crippen LogP contribution in [0.5, 0.6) is 0 Å². The summed E-state index contributed by atoms with van der Waals surface area (Å²) in [6.45, 7) is 6.80. The largest absolute Gasteiger partial charge is 0.335 e. The molecule has 0 radical (unpaired) electrons. The van der Waals surface area contributed by atoms with Gasteiger partial charge in [-0.15, -0.1) is 0 Å². The number of hydrogen-bond acceptors (Lipinski definition) is 5. The van der Waals surface area contributed by atoms with E-state index in [0.29, 0.717) is 25.3 Å². The summed E-state index contributed by atoms with van der Waals surface area (Å²) in [6.07, 6.45) is 0.223. The summed E-state index contributed by atoms with van der Waals surface area (Å²) < 4.78 is 17.8. The van der Waals surface area contributed by atoms with Crippen molar-refractivity contribution < 1.29 is 18.6 Å². The van der Waals surface area contributed by atoms with Crippen molar-refractivity contribution >= 4 is 11.8 Å². The topological polar surface area (TPSA) is 79.5 Å². The van der Waals surface area contributed by atoms with Gasteiger partial charge in [-0.05, 0) is 35.7 Å². The van der Waals surface area contributed by atoms with E-state index in [0.717, 1.165) is 5.56 Å². The molecule has 27 heavy (non-hydrogen) atoms. The highest BCUT2D eigenvalue weighted by Crippen LogP contribution is 2.22. The molecule has 0 spiro atoms. The standard InChI is InChI=1S/C19H23FN4O3/c1-12(2)16-11-23(19(26)18-13(3)21-27-22-18)9-8-17(25)24(16)10-14-4-6-15(20)7-5-14/h4-7,12,16H,8-11H2,1-3H3/t16-/m1/s1. The second kappa shape index (κ2) is 7.85.